The van der Waals surface area contributed by atoms with Crippen molar-refractivity contribution >= 4 is 11.9 Å². The van der Waals surface area contributed by atoms with Crippen LogP contribution < -0.4 is 0 Å². The molecule has 2 unspecified atom stereocenters. The van der Waals surface area contributed by atoms with E-state index in [4.69, 9.17) is 0 Å². The Morgan fingerprint density at radius 2 is 1.95 bits per heavy atom. The molecule has 2 aliphatic rings. The molecule has 5 heteroatoms. The number of likely N-dealkylation sites (tertiary alicyclic amines) is 2. The molecule has 0 spiro atoms. The van der Waals surface area contributed by atoms with E-state index in [1.807, 2.05) is 23.6 Å². The minimum absolute atomic E-state index is 0.120. The van der Waals surface area contributed by atoms with E-state index in [2.05, 4.69) is 0 Å². The van der Waals surface area contributed by atoms with Crippen LogP contribution in [0.5, 0.6) is 0 Å². The summed E-state index contributed by atoms with van der Waals surface area (Å²) in [5, 5.41) is 9.33. The van der Waals surface area contributed by atoms with E-state index < -0.39 is 12.0 Å². The number of carbonyl (C=O) groups excluding carboxylic acids is 1. The van der Waals surface area contributed by atoms with E-state index in [1.165, 1.54) is 0 Å². The number of carbonyl (C=O) groups is 2. The van der Waals surface area contributed by atoms with Gasteiger partial charge in [0.25, 0.3) is 0 Å². The molecule has 108 valence electrons. The summed E-state index contributed by atoms with van der Waals surface area (Å²) in [5.41, 5.74) is 0. The average molecular weight is 268 g/mol. The SMILES string of the molecule is CC(C)N1CCCC(N2CCCCC2C(=O)O)C1=O. The zero-order valence-electron chi connectivity index (χ0n) is 11.8. The summed E-state index contributed by atoms with van der Waals surface area (Å²) in [7, 11) is 0. The van der Waals surface area contributed by atoms with Gasteiger partial charge in [0.15, 0.2) is 0 Å². The van der Waals surface area contributed by atoms with Gasteiger partial charge in [-0.05, 0) is 46.1 Å². The normalized spacial score (nSPS) is 29.8. The van der Waals surface area contributed by atoms with Crippen molar-refractivity contribution in [2.75, 3.05) is 13.1 Å². The lowest BCUT2D eigenvalue weighted by molar-refractivity contribution is -0.152. The fourth-order valence-corrected chi connectivity index (χ4v) is 3.29. The maximum atomic E-state index is 12.5. The van der Waals surface area contributed by atoms with Crippen molar-refractivity contribution in [3.8, 4) is 0 Å². The van der Waals surface area contributed by atoms with Gasteiger partial charge in [0.05, 0.1) is 6.04 Å². The summed E-state index contributed by atoms with van der Waals surface area (Å²) >= 11 is 0. The monoisotopic (exact) mass is 268 g/mol. The number of amides is 1. The van der Waals surface area contributed by atoms with Gasteiger partial charge in [-0.3, -0.25) is 14.5 Å². The summed E-state index contributed by atoms with van der Waals surface area (Å²) in [6.45, 7) is 5.58. The highest BCUT2D eigenvalue weighted by molar-refractivity contribution is 5.84. The minimum Gasteiger partial charge on any atom is -0.480 e. The molecule has 0 radical (unpaired) electrons. The molecule has 5 nitrogen and oxygen atoms in total. The Bertz CT molecular complexity index is 357. The van der Waals surface area contributed by atoms with E-state index in [1.54, 1.807) is 0 Å². The van der Waals surface area contributed by atoms with Crippen molar-refractivity contribution in [1.82, 2.24) is 9.80 Å². The van der Waals surface area contributed by atoms with Gasteiger partial charge in [-0.2, -0.15) is 0 Å². The number of aliphatic carboxylic acids is 1. The minimum atomic E-state index is -0.783. The molecular weight excluding hydrogens is 244 g/mol. The fourth-order valence-electron chi connectivity index (χ4n) is 3.29. The maximum Gasteiger partial charge on any atom is 0.320 e. The summed E-state index contributed by atoms with van der Waals surface area (Å²) in [6, 6.07) is -0.504. The van der Waals surface area contributed by atoms with E-state index in [0.29, 0.717) is 6.42 Å². The van der Waals surface area contributed by atoms with Crippen LogP contribution in [0, 0.1) is 0 Å². The van der Waals surface area contributed by atoms with Gasteiger partial charge in [-0.25, -0.2) is 0 Å². The number of carboxylic acids is 1. The van der Waals surface area contributed by atoms with Crippen LogP contribution in [0.3, 0.4) is 0 Å². The third-order valence-corrected chi connectivity index (χ3v) is 4.30. The number of piperidine rings is 2. The topological polar surface area (TPSA) is 60.9 Å². The Morgan fingerprint density at radius 3 is 2.58 bits per heavy atom. The molecule has 19 heavy (non-hydrogen) atoms. The quantitative estimate of drug-likeness (QED) is 0.838. The van der Waals surface area contributed by atoms with Crippen molar-refractivity contribution < 1.29 is 14.7 Å². The fraction of sp³-hybridized carbons (Fsp3) is 0.857. The summed E-state index contributed by atoms with van der Waals surface area (Å²) in [5.74, 6) is -0.663. The zero-order valence-corrected chi connectivity index (χ0v) is 11.8. The smallest absolute Gasteiger partial charge is 0.320 e. The number of hydrogen-bond acceptors (Lipinski definition) is 3. The Morgan fingerprint density at radius 1 is 1.21 bits per heavy atom. The highest BCUT2D eigenvalue weighted by Gasteiger charge is 2.40. The van der Waals surface area contributed by atoms with Crippen molar-refractivity contribution in [3.05, 3.63) is 0 Å². The number of carboxylic acid groups (broad SMARTS) is 1. The number of hydrogen-bond donors (Lipinski definition) is 1. The predicted molar refractivity (Wildman–Crippen MR) is 71.9 cm³/mol. The predicted octanol–water partition coefficient (Wildman–Crippen LogP) is 1.32. The van der Waals surface area contributed by atoms with Crippen LogP contribution in [0.1, 0.15) is 46.0 Å². The van der Waals surface area contributed by atoms with Crippen LogP contribution >= 0.6 is 0 Å². The number of rotatable bonds is 3. The molecule has 0 aromatic carbocycles. The standard InChI is InChI=1S/C14H24N2O3/c1-10(2)15-9-5-7-11(13(15)17)16-8-4-3-6-12(16)14(18)19/h10-12H,3-9H2,1-2H3,(H,18,19). The lowest BCUT2D eigenvalue weighted by atomic mass is 9.94. The maximum absolute atomic E-state index is 12.5. The van der Waals surface area contributed by atoms with Gasteiger partial charge in [-0.1, -0.05) is 6.42 Å². The Kier molecular flexibility index (Phi) is 4.45. The molecule has 0 bridgehead atoms. The van der Waals surface area contributed by atoms with Gasteiger partial charge >= 0.3 is 5.97 Å². The molecule has 0 aromatic heterocycles. The van der Waals surface area contributed by atoms with Crippen LogP contribution in [0.2, 0.25) is 0 Å². The molecule has 2 rings (SSSR count). The first kappa shape index (κ1) is 14.3. The first-order valence-corrected chi connectivity index (χ1v) is 7.31. The highest BCUT2D eigenvalue weighted by Crippen LogP contribution is 2.26. The molecule has 2 aliphatic heterocycles. The van der Waals surface area contributed by atoms with Crippen LogP contribution in [-0.4, -0.2) is 58.0 Å². The first-order valence-electron chi connectivity index (χ1n) is 7.31. The third-order valence-electron chi connectivity index (χ3n) is 4.30. The molecule has 2 heterocycles. The molecule has 2 atom stereocenters. The van der Waals surface area contributed by atoms with E-state index in [9.17, 15) is 14.7 Å². The molecule has 2 fully saturated rings. The van der Waals surface area contributed by atoms with Crippen molar-refractivity contribution in [1.29, 1.82) is 0 Å². The molecule has 1 N–H and O–H groups in total. The summed E-state index contributed by atoms with van der Waals surface area (Å²) < 4.78 is 0. The highest BCUT2D eigenvalue weighted by atomic mass is 16.4. The van der Waals surface area contributed by atoms with Crippen molar-refractivity contribution in [3.63, 3.8) is 0 Å². The Hall–Kier alpha value is -1.10. The molecule has 0 aromatic rings. The van der Waals surface area contributed by atoms with Gasteiger partial charge in [0.1, 0.15) is 6.04 Å². The van der Waals surface area contributed by atoms with Crippen LogP contribution in [0.25, 0.3) is 0 Å². The third kappa shape index (κ3) is 2.91. The largest absolute Gasteiger partial charge is 0.480 e. The summed E-state index contributed by atoms with van der Waals surface area (Å²) in [6.07, 6.45) is 4.38. The van der Waals surface area contributed by atoms with E-state index in [0.717, 1.165) is 38.8 Å². The Balaban J connectivity index is 2.14. The van der Waals surface area contributed by atoms with Crippen LogP contribution in [0.15, 0.2) is 0 Å². The lowest BCUT2D eigenvalue weighted by Gasteiger charge is -2.43. The van der Waals surface area contributed by atoms with Gasteiger partial charge < -0.3 is 10.0 Å². The second-order valence-electron chi connectivity index (χ2n) is 5.87. The van der Waals surface area contributed by atoms with Crippen LogP contribution in [0.4, 0.5) is 0 Å². The average Bonchev–Trinajstić information content (AvgIpc) is 2.38. The molecule has 2 saturated heterocycles. The Labute approximate surface area is 114 Å². The molecule has 0 aliphatic carbocycles. The zero-order chi connectivity index (χ0) is 14.0. The van der Waals surface area contributed by atoms with Crippen LogP contribution in [-0.2, 0) is 9.59 Å². The van der Waals surface area contributed by atoms with Crippen molar-refractivity contribution in [2.45, 2.75) is 64.1 Å². The summed E-state index contributed by atoms with van der Waals surface area (Å²) in [4.78, 5) is 27.7. The van der Waals surface area contributed by atoms with Crippen molar-refractivity contribution in [2.24, 2.45) is 0 Å². The van der Waals surface area contributed by atoms with E-state index >= 15 is 0 Å². The first-order chi connectivity index (χ1) is 9.02. The second-order valence-corrected chi connectivity index (χ2v) is 5.87. The van der Waals surface area contributed by atoms with Gasteiger partial charge in [0.2, 0.25) is 5.91 Å². The van der Waals surface area contributed by atoms with E-state index in [-0.39, 0.29) is 18.0 Å². The van der Waals surface area contributed by atoms with Gasteiger partial charge in [0, 0.05) is 12.6 Å². The van der Waals surface area contributed by atoms with Gasteiger partial charge in [-0.15, -0.1) is 0 Å². The second kappa shape index (κ2) is 5.90. The molecule has 0 saturated carbocycles. The number of nitrogens with zero attached hydrogens (tertiary/aromatic N) is 2. The lowest BCUT2D eigenvalue weighted by Crippen LogP contribution is -2.59. The molecule has 1 amide bonds. The molecular formula is C14H24N2O3.